The average molecular weight is 368 g/mol. The molecule has 0 aliphatic rings. The molecule has 0 radical (unpaired) electrons. The van der Waals surface area contributed by atoms with E-state index in [1.165, 1.54) is 18.0 Å². The number of halogens is 1. The Kier molecular flexibility index (Phi) is 6.28. The monoisotopic (exact) mass is 367 g/mol. The first-order valence-electron chi connectivity index (χ1n) is 7.03. The van der Waals surface area contributed by atoms with E-state index in [9.17, 15) is 4.79 Å². The highest BCUT2D eigenvalue weighted by molar-refractivity contribution is 7.98. The van der Waals surface area contributed by atoms with Crippen LogP contribution in [0.15, 0.2) is 29.6 Å². The van der Waals surface area contributed by atoms with Crippen molar-refractivity contribution in [1.82, 2.24) is 14.9 Å². The number of hydrogen-bond donors (Lipinski definition) is 0. The van der Waals surface area contributed by atoms with Gasteiger partial charge in [0.05, 0.1) is 25.4 Å². The number of methoxy groups -OCH3 is 2. The van der Waals surface area contributed by atoms with Gasteiger partial charge in [0.1, 0.15) is 0 Å². The van der Waals surface area contributed by atoms with Crippen molar-refractivity contribution in [2.24, 2.45) is 0 Å². The number of nitrogens with zero attached hydrogens (tertiary/aromatic N) is 3. The van der Waals surface area contributed by atoms with Crippen LogP contribution in [0, 0.1) is 0 Å². The van der Waals surface area contributed by atoms with Crippen LogP contribution in [0.25, 0.3) is 0 Å². The van der Waals surface area contributed by atoms with Crippen LogP contribution in [-0.4, -0.2) is 48.3 Å². The quantitative estimate of drug-likeness (QED) is 0.577. The Morgan fingerprint density at radius 3 is 2.62 bits per heavy atom. The molecule has 0 bridgehead atoms. The van der Waals surface area contributed by atoms with E-state index in [1.54, 1.807) is 32.2 Å². The number of hydrogen-bond acceptors (Lipinski definition) is 6. The SMILES string of the molecule is COc1ccc(CN(C)C(=O)c2nc(SC)ncc2Cl)cc1OC. The van der Waals surface area contributed by atoms with Crippen molar-refractivity contribution < 1.29 is 14.3 Å². The summed E-state index contributed by atoms with van der Waals surface area (Å²) in [6.07, 6.45) is 3.28. The molecule has 1 heterocycles. The van der Waals surface area contributed by atoms with Gasteiger partial charge in [0.2, 0.25) is 0 Å². The summed E-state index contributed by atoms with van der Waals surface area (Å²) in [5, 5.41) is 0.735. The maximum atomic E-state index is 12.6. The van der Waals surface area contributed by atoms with Crippen molar-refractivity contribution in [3.8, 4) is 11.5 Å². The fourth-order valence-electron chi connectivity index (χ4n) is 2.10. The number of ether oxygens (including phenoxy) is 2. The number of aromatic nitrogens is 2. The fourth-order valence-corrected chi connectivity index (χ4v) is 2.62. The van der Waals surface area contributed by atoms with Gasteiger partial charge in [-0.25, -0.2) is 9.97 Å². The molecule has 24 heavy (non-hydrogen) atoms. The average Bonchev–Trinajstić information content (AvgIpc) is 2.61. The molecule has 0 atom stereocenters. The molecule has 0 N–H and O–H groups in total. The van der Waals surface area contributed by atoms with Crippen molar-refractivity contribution >= 4 is 29.3 Å². The Morgan fingerprint density at radius 2 is 2.00 bits per heavy atom. The first-order chi connectivity index (χ1) is 11.5. The molecule has 2 aromatic rings. The van der Waals surface area contributed by atoms with E-state index in [2.05, 4.69) is 9.97 Å². The number of carbonyl (C=O) groups is 1. The van der Waals surface area contributed by atoms with Crippen molar-refractivity contribution in [3.63, 3.8) is 0 Å². The predicted molar refractivity (Wildman–Crippen MR) is 94.2 cm³/mol. The van der Waals surface area contributed by atoms with Crippen LogP contribution in [0.5, 0.6) is 11.5 Å². The minimum atomic E-state index is -0.271. The second-order valence-corrected chi connectivity index (χ2v) is 6.08. The Hall–Kier alpha value is -1.99. The van der Waals surface area contributed by atoms with E-state index in [1.807, 2.05) is 18.4 Å². The van der Waals surface area contributed by atoms with E-state index in [-0.39, 0.29) is 16.6 Å². The highest BCUT2D eigenvalue weighted by Gasteiger charge is 2.19. The molecule has 0 spiro atoms. The lowest BCUT2D eigenvalue weighted by Crippen LogP contribution is -2.27. The van der Waals surface area contributed by atoms with Crippen molar-refractivity contribution in [1.29, 1.82) is 0 Å². The summed E-state index contributed by atoms with van der Waals surface area (Å²) >= 11 is 7.42. The summed E-state index contributed by atoms with van der Waals surface area (Å²) in [7, 11) is 4.84. The molecule has 0 unspecified atom stereocenters. The van der Waals surface area contributed by atoms with Gasteiger partial charge in [-0.15, -0.1) is 0 Å². The van der Waals surface area contributed by atoms with Gasteiger partial charge in [-0.1, -0.05) is 29.4 Å². The normalized spacial score (nSPS) is 10.4. The molecular formula is C16H18ClN3O3S. The third-order valence-corrected chi connectivity index (χ3v) is 4.16. The number of thioether (sulfide) groups is 1. The van der Waals surface area contributed by atoms with Gasteiger partial charge in [0.15, 0.2) is 22.3 Å². The third-order valence-electron chi connectivity index (χ3n) is 3.32. The van der Waals surface area contributed by atoms with Gasteiger partial charge in [0, 0.05) is 13.6 Å². The second-order valence-electron chi connectivity index (χ2n) is 4.90. The van der Waals surface area contributed by atoms with Crippen LogP contribution in [0.1, 0.15) is 16.1 Å². The smallest absolute Gasteiger partial charge is 0.274 e. The summed E-state index contributed by atoms with van der Waals surface area (Å²) in [5.41, 5.74) is 1.10. The maximum Gasteiger partial charge on any atom is 0.274 e. The molecule has 8 heteroatoms. The number of carbonyl (C=O) groups excluding carboxylic acids is 1. The van der Waals surface area contributed by atoms with Crippen LogP contribution in [0.3, 0.4) is 0 Å². The highest BCUT2D eigenvalue weighted by atomic mass is 35.5. The Bertz CT molecular complexity index is 743. The number of benzene rings is 1. The molecule has 1 aromatic heterocycles. The fraction of sp³-hybridized carbons (Fsp3) is 0.312. The zero-order chi connectivity index (χ0) is 17.7. The summed E-state index contributed by atoms with van der Waals surface area (Å²) in [6, 6.07) is 5.51. The first kappa shape index (κ1) is 18.4. The lowest BCUT2D eigenvalue weighted by Gasteiger charge is -2.18. The molecule has 0 aliphatic carbocycles. The molecule has 0 fully saturated rings. The topological polar surface area (TPSA) is 64.5 Å². The van der Waals surface area contributed by atoms with Crippen molar-refractivity contribution in [2.75, 3.05) is 27.5 Å². The lowest BCUT2D eigenvalue weighted by atomic mass is 10.2. The van der Waals surface area contributed by atoms with E-state index in [0.29, 0.717) is 23.2 Å². The zero-order valence-electron chi connectivity index (χ0n) is 13.9. The van der Waals surface area contributed by atoms with E-state index in [0.717, 1.165) is 5.56 Å². The minimum absolute atomic E-state index is 0.194. The van der Waals surface area contributed by atoms with Crippen LogP contribution in [-0.2, 0) is 6.54 Å². The van der Waals surface area contributed by atoms with E-state index >= 15 is 0 Å². The van der Waals surface area contributed by atoms with Crippen LogP contribution < -0.4 is 9.47 Å². The van der Waals surface area contributed by atoms with Gasteiger partial charge in [-0.3, -0.25) is 4.79 Å². The Morgan fingerprint density at radius 1 is 1.29 bits per heavy atom. The van der Waals surface area contributed by atoms with Gasteiger partial charge < -0.3 is 14.4 Å². The van der Waals surface area contributed by atoms with Crippen molar-refractivity contribution in [2.45, 2.75) is 11.7 Å². The van der Waals surface area contributed by atoms with E-state index in [4.69, 9.17) is 21.1 Å². The van der Waals surface area contributed by atoms with Crippen LogP contribution >= 0.6 is 23.4 Å². The predicted octanol–water partition coefficient (Wildman–Crippen LogP) is 3.14. The summed E-state index contributed by atoms with van der Waals surface area (Å²) in [5.74, 6) is 0.978. The standard InChI is InChI=1S/C16H18ClN3O3S/c1-20(9-10-5-6-12(22-2)13(7-10)23-3)15(21)14-11(17)8-18-16(19-14)24-4/h5-8H,9H2,1-4H3. The van der Waals surface area contributed by atoms with Gasteiger partial charge in [-0.05, 0) is 24.0 Å². The lowest BCUT2D eigenvalue weighted by molar-refractivity contribution is 0.0778. The maximum absolute atomic E-state index is 12.6. The molecule has 0 saturated carbocycles. The molecule has 2 rings (SSSR count). The third kappa shape index (κ3) is 4.10. The largest absolute Gasteiger partial charge is 0.493 e. The van der Waals surface area contributed by atoms with E-state index < -0.39 is 0 Å². The molecule has 1 amide bonds. The van der Waals surface area contributed by atoms with Gasteiger partial charge >= 0.3 is 0 Å². The molecule has 0 aliphatic heterocycles. The summed E-state index contributed by atoms with van der Waals surface area (Å²) in [6.45, 7) is 0.383. The minimum Gasteiger partial charge on any atom is -0.493 e. The Labute approximate surface area is 150 Å². The summed E-state index contributed by atoms with van der Waals surface area (Å²) < 4.78 is 10.5. The van der Waals surface area contributed by atoms with Crippen LogP contribution in [0.4, 0.5) is 0 Å². The Balaban J connectivity index is 2.20. The molecule has 128 valence electrons. The highest BCUT2D eigenvalue weighted by Crippen LogP contribution is 2.28. The first-order valence-corrected chi connectivity index (χ1v) is 8.63. The zero-order valence-corrected chi connectivity index (χ0v) is 15.4. The molecule has 1 aromatic carbocycles. The number of amides is 1. The van der Waals surface area contributed by atoms with Gasteiger partial charge in [-0.2, -0.15) is 0 Å². The summed E-state index contributed by atoms with van der Waals surface area (Å²) in [4.78, 5) is 22.4. The van der Waals surface area contributed by atoms with Gasteiger partial charge in [0.25, 0.3) is 5.91 Å². The molecular weight excluding hydrogens is 350 g/mol. The number of rotatable bonds is 6. The second kappa shape index (κ2) is 8.21. The molecule has 0 saturated heterocycles. The van der Waals surface area contributed by atoms with Crippen molar-refractivity contribution in [3.05, 3.63) is 40.7 Å². The molecule has 6 nitrogen and oxygen atoms in total. The van der Waals surface area contributed by atoms with Crippen LogP contribution in [0.2, 0.25) is 5.02 Å².